The van der Waals surface area contributed by atoms with Gasteiger partial charge in [-0.05, 0) is 17.9 Å². The molecule has 0 atom stereocenters. The number of rotatable bonds is 3. The van der Waals surface area contributed by atoms with Gasteiger partial charge in [0.1, 0.15) is 0 Å². The van der Waals surface area contributed by atoms with Crippen LogP contribution in [0.15, 0.2) is 18.3 Å². The van der Waals surface area contributed by atoms with Crippen molar-refractivity contribution in [1.29, 1.82) is 0 Å². The summed E-state index contributed by atoms with van der Waals surface area (Å²) in [6.45, 7) is 2.19. The Morgan fingerprint density at radius 1 is 1.60 bits per heavy atom. The van der Waals surface area contributed by atoms with Crippen molar-refractivity contribution in [3.63, 3.8) is 0 Å². The Labute approximate surface area is 66.4 Å². The molecule has 0 aromatic carbocycles. The normalized spacial score (nSPS) is 10.2. The van der Waals surface area contributed by atoms with Gasteiger partial charge in [0.25, 0.3) is 0 Å². The van der Waals surface area contributed by atoms with E-state index in [-0.39, 0.29) is 0 Å². The third-order valence-corrected chi connectivity index (χ3v) is 2.41. The van der Waals surface area contributed by atoms with E-state index in [1.54, 1.807) is 0 Å². The quantitative estimate of drug-likeness (QED) is 0.648. The van der Waals surface area contributed by atoms with Crippen LogP contribution in [0.5, 0.6) is 0 Å². The third kappa shape index (κ3) is 1.81. The van der Waals surface area contributed by atoms with E-state index in [2.05, 4.69) is 36.9 Å². The molecule has 56 valence electrons. The van der Waals surface area contributed by atoms with Gasteiger partial charge in [0.2, 0.25) is 0 Å². The Morgan fingerprint density at radius 2 is 2.40 bits per heavy atom. The lowest BCUT2D eigenvalue weighted by Crippen LogP contribution is -1.91. The van der Waals surface area contributed by atoms with Crippen LogP contribution in [0.1, 0.15) is 12.6 Å². The lowest BCUT2D eigenvalue weighted by Gasteiger charge is -1.99. The lowest BCUT2D eigenvalue weighted by atomic mass is 10.5. The maximum atomic E-state index is 2.19. The summed E-state index contributed by atoms with van der Waals surface area (Å²) in [5.74, 6) is 2.34. The molecule has 1 aromatic rings. The molecule has 0 spiro atoms. The van der Waals surface area contributed by atoms with Crippen molar-refractivity contribution in [3.05, 3.63) is 24.0 Å². The van der Waals surface area contributed by atoms with E-state index in [0.717, 1.165) is 5.75 Å². The first kappa shape index (κ1) is 7.73. The highest BCUT2D eigenvalue weighted by molar-refractivity contribution is 7.98. The molecule has 0 radical (unpaired) electrons. The predicted octanol–water partition coefficient (Wildman–Crippen LogP) is 2.28. The summed E-state index contributed by atoms with van der Waals surface area (Å²) < 4.78 is 2.17. The number of nitrogens with zero attached hydrogens (tertiary/aromatic N) is 1. The van der Waals surface area contributed by atoms with Gasteiger partial charge < -0.3 is 4.57 Å². The van der Waals surface area contributed by atoms with Gasteiger partial charge in [0, 0.05) is 24.7 Å². The minimum absolute atomic E-state index is 1.14. The zero-order valence-electron chi connectivity index (χ0n) is 6.50. The topological polar surface area (TPSA) is 4.93 Å². The Bertz CT molecular complexity index is 193. The number of aryl methyl sites for hydroxylation is 1. The van der Waals surface area contributed by atoms with Crippen LogP contribution in [-0.2, 0) is 12.8 Å². The molecule has 0 amide bonds. The number of aromatic nitrogens is 1. The second-order valence-electron chi connectivity index (χ2n) is 2.25. The molecule has 0 aliphatic carbocycles. The summed E-state index contributed by atoms with van der Waals surface area (Å²) in [5.41, 5.74) is 1.41. The summed E-state index contributed by atoms with van der Waals surface area (Å²) >= 11 is 1.96. The maximum absolute atomic E-state index is 2.19. The largest absolute Gasteiger partial charge is 0.354 e. The lowest BCUT2D eigenvalue weighted by molar-refractivity contribution is 0.875. The van der Waals surface area contributed by atoms with E-state index in [4.69, 9.17) is 0 Å². The van der Waals surface area contributed by atoms with Crippen LogP contribution in [0.3, 0.4) is 0 Å². The van der Waals surface area contributed by atoms with Crippen LogP contribution < -0.4 is 0 Å². The SMILES string of the molecule is CCSCc1cccn1C. The first-order chi connectivity index (χ1) is 4.84. The Balaban J connectivity index is 2.49. The molecule has 0 saturated carbocycles. The highest BCUT2D eigenvalue weighted by Crippen LogP contribution is 2.10. The molecule has 0 unspecified atom stereocenters. The molecule has 0 fully saturated rings. The molecule has 1 nitrogen and oxygen atoms in total. The highest BCUT2D eigenvalue weighted by atomic mass is 32.2. The van der Waals surface area contributed by atoms with E-state index in [9.17, 15) is 0 Å². The molecule has 0 aliphatic heterocycles. The summed E-state index contributed by atoms with van der Waals surface area (Å²) in [6, 6.07) is 4.26. The molecule has 0 N–H and O–H groups in total. The van der Waals surface area contributed by atoms with Crippen LogP contribution >= 0.6 is 11.8 Å². The van der Waals surface area contributed by atoms with Gasteiger partial charge in [0.15, 0.2) is 0 Å². The fourth-order valence-corrected chi connectivity index (χ4v) is 1.57. The van der Waals surface area contributed by atoms with Crippen LogP contribution in [-0.4, -0.2) is 10.3 Å². The second kappa shape index (κ2) is 3.71. The summed E-state index contributed by atoms with van der Waals surface area (Å²) in [5, 5.41) is 0. The Kier molecular flexibility index (Phi) is 2.87. The third-order valence-electron chi connectivity index (χ3n) is 1.51. The van der Waals surface area contributed by atoms with Crippen LogP contribution in [0.25, 0.3) is 0 Å². The van der Waals surface area contributed by atoms with Gasteiger partial charge in [0.05, 0.1) is 0 Å². The molecule has 1 aromatic heterocycles. The van der Waals surface area contributed by atoms with Crippen molar-refractivity contribution in [2.75, 3.05) is 5.75 Å². The van der Waals surface area contributed by atoms with E-state index in [1.165, 1.54) is 11.4 Å². The second-order valence-corrected chi connectivity index (χ2v) is 3.52. The molecular formula is C8H13NS. The van der Waals surface area contributed by atoms with Gasteiger partial charge in [-0.2, -0.15) is 11.8 Å². The molecule has 2 heteroatoms. The summed E-state index contributed by atoms with van der Waals surface area (Å²) in [7, 11) is 2.09. The standard InChI is InChI=1S/C8H13NS/c1-3-10-7-8-5-4-6-9(8)2/h4-6H,3,7H2,1-2H3. The number of thioether (sulfide) groups is 1. The summed E-state index contributed by atoms with van der Waals surface area (Å²) in [6.07, 6.45) is 2.09. The van der Waals surface area contributed by atoms with E-state index in [0.29, 0.717) is 0 Å². The fraction of sp³-hybridized carbons (Fsp3) is 0.500. The fourth-order valence-electron chi connectivity index (χ4n) is 0.853. The Hall–Kier alpha value is -0.370. The molecule has 0 aliphatic rings. The van der Waals surface area contributed by atoms with Gasteiger partial charge in [-0.25, -0.2) is 0 Å². The van der Waals surface area contributed by atoms with E-state index >= 15 is 0 Å². The Morgan fingerprint density at radius 3 is 2.90 bits per heavy atom. The molecule has 1 heterocycles. The monoisotopic (exact) mass is 155 g/mol. The first-order valence-electron chi connectivity index (χ1n) is 3.52. The molecular weight excluding hydrogens is 142 g/mol. The smallest absolute Gasteiger partial charge is 0.0337 e. The van der Waals surface area contributed by atoms with Gasteiger partial charge >= 0.3 is 0 Å². The van der Waals surface area contributed by atoms with Crippen molar-refractivity contribution in [3.8, 4) is 0 Å². The molecule has 10 heavy (non-hydrogen) atoms. The first-order valence-corrected chi connectivity index (χ1v) is 4.68. The van der Waals surface area contributed by atoms with Gasteiger partial charge in [-0.3, -0.25) is 0 Å². The number of hydrogen-bond acceptors (Lipinski definition) is 1. The minimum Gasteiger partial charge on any atom is -0.354 e. The van der Waals surface area contributed by atoms with Gasteiger partial charge in [-0.1, -0.05) is 6.92 Å². The van der Waals surface area contributed by atoms with E-state index in [1.807, 2.05) is 11.8 Å². The minimum atomic E-state index is 1.14. The molecule has 0 saturated heterocycles. The van der Waals surface area contributed by atoms with Gasteiger partial charge in [-0.15, -0.1) is 0 Å². The van der Waals surface area contributed by atoms with Crippen molar-refractivity contribution in [2.24, 2.45) is 7.05 Å². The van der Waals surface area contributed by atoms with Crippen LogP contribution in [0, 0.1) is 0 Å². The van der Waals surface area contributed by atoms with Crippen LogP contribution in [0.2, 0.25) is 0 Å². The van der Waals surface area contributed by atoms with Crippen molar-refractivity contribution in [2.45, 2.75) is 12.7 Å². The van der Waals surface area contributed by atoms with Crippen molar-refractivity contribution in [1.82, 2.24) is 4.57 Å². The summed E-state index contributed by atoms with van der Waals surface area (Å²) in [4.78, 5) is 0. The van der Waals surface area contributed by atoms with Crippen molar-refractivity contribution >= 4 is 11.8 Å². The molecule has 1 rings (SSSR count). The average Bonchev–Trinajstić information content (AvgIpc) is 2.31. The molecule has 0 bridgehead atoms. The predicted molar refractivity (Wildman–Crippen MR) is 47.2 cm³/mol. The zero-order valence-corrected chi connectivity index (χ0v) is 7.32. The highest BCUT2D eigenvalue weighted by Gasteiger charge is 1.93. The zero-order chi connectivity index (χ0) is 7.40. The average molecular weight is 155 g/mol. The maximum Gasteiger partial charge on any atom is 0.0337 e. The van der Waals surface area contributed by atoms with Crippen molar-refractivity contribution < 1.29 is 0 Å². The van der Waals surface area contributed by atoms with E-state index < -0.39 is 0 Å². The van der Waals surface area contributed by atoms with Crippen LogP contribution in [0.4, 0.5) is 0 Å². The number of hydrogen-bond donors (Lipinski definition) is 0.